The fourth-order valence-electron chi connectivity index (χ4n) is 4.06. The number of carbonyl (C=O) groups excluding carboxylic acids is 2. The molecule has 34 heavy (non-hydrogen) atoms. The van der Waals surface area contributed by atoms with Gasteiger partial charge in [0, 0.05) is 11.3 Å². The number of nitrogens with one attached hydrogen (secondary N) is 1. The van der Waals surface area contributed by atoms with Gasteiger partial charge in [-0.05, 0) is 42.7 Å². The molecule has 0 aromatic heterocycles. The monoisotopic (exact) mass is 468 g/mol. The van der Waals surface area contributed by atoms with Gasteiger partial charge in [-0.15, -0.1) is 0 Å². The minimum Gasteiger partial charge on any atom is -0.325 e. The number of hydrogen-bond acceptors (Lipinski definition) is 5. The third-order valence-corrected chi connectivity index (χ3v) is 7.22. The molecule has 170 valence electrons. The number of aryl methyl sites for hydroxylation is 1. The van der Waals surface area contributed by atoms with Gasteiger partial charge >= 0.3 is 0 Å². The highest BCUT2D eigenvalue weighted by Crippen LogP contribution is 2.38. The molecule has 2 atom stereocenters. The van der Waals surface area contributed by atoms with Gasteiger partial charge in [0.05, 0.1) is 10.9 Å². The Labute approximate surface area is 202 Å². The number of para-hydroxylation sites is 2. The maximum atomic E-state index is 13.6. The summed E-state index contributed by atoms with van der Waals surface area (Å²) >= 11 is 1.30. The summed E-state index contributed by atoms with van der Waals surface area (Å²) in [7, 11) is 0. The van der Waals surface area contributed by atoms with Crippen LogP contribution >= 0.6 is 11.8 Å². The summed E-state index contributed by atoms with van der Waals surface area (Å²) in [5.41, 5.74) is 4.17. The number of carbonyl (C=O) groups is 2. The van der Waals surface area contributed by atoms with Crippen molar-refractivity contribution < 1.29 is 9.59 Å². The maximum Gasteiger partial charge on any atom is 0.263 e. The van der Waals surface area contributed by atoms with E-state index in [0.717, 1.165) is 28.1 Å². The van der Waals surface area contributed by atoms with E-state index in [0.29, 0.717) is 17.4 Å². The standard InChI is InChI=1S/C27H24N4O2S/c1-3-22(25(32)28-20-15-9-7-11-17(20)2)34-27-29-21-16-10-8-14-19(21)24-30-23(26(33)31(24)27)18-12-5-4-6-13-18/h4-16,22-23H,3H2,1-2H3,(H,28,32)/t22-,23-/m0/s1. The first kappa shape index (κ1) is 22.1. The van der Waals surface area contributed by atoms with E-state index < -0.39 is 11.3 Å². The molecule has 5 rings (SSSR count). The number of amidine groups is 2. The molecule has 2 aliphatic heterocycles. The number of amides is 2. The van der Waals surface area contributed by atoms with Gasteiger partial charge in [-0.25, -0.2) is 14.9 Å². The number of aliphatic imine (C=N–C) groups is 2. The Balaban J connectivity index is 1.47. The zero-order chi connectivity index (χ0) is 23.7. The summed E-state index contributed by atoms with van der Waals surface area (Å²) in [5.74, 6) is 0.310. The SMILES string of the molecule is CC[C@H](SC1=Nc2ccccc2C2=N[C@@H](c3ccccc3)C(=O)N12)C(=O)Nc1ccccc1C. The van der Waals surface area contributed by atoms with Gasteiger partial charge in [0.1, 0.15) is 5.84 Å². The van der Waals surface area contributed by atoms with E-state index in [2.05, 4.69) is 5.32 Å². The van der Waals surface area contributed by atoms with Crippen molar-refractivity contribution in [2.24, 2.45) is 9.98 Å². The number of hydrogen-bond donors (Lipinski definition) is 1. The minimum atomic E-state index is -0.631. The number of fused-ring (bicyclic) bond motifs is 3. The van der Waals surface area contributed by atoms with Gasteiger partial charge in [-0.2, -0.15) is 0 Å². The van der Waals surface area contributed by atoms with Crippen LogP contribution in [0.5, 0.6) is 0 Å². The number of anilines is 1. The largest absolute Gasteiger partial charge is 0.325 e. The van der Waals surface area contributed by atoms with Crippen LogP contribution in [0.2, 0.25) is 0 Å². The second-order valence-electron chi connectivity index (χ2n) is 8.17. The molecule has 2 aliphatic rings. The molecule has 0 fully saturated rings. The van der Waals surface area contributed by atoms with Crippen LogP contribution in [0.15, 0.2) is 88.8 Å². The Bertz CT molecular complexity index is 1320. The van der Waals surface area contributed by atoms with E-state index in [9.17, 15) is 9.59 Å². The number of rotatable bonds is 5. The summed E-state index contributed by atoms with van der Waals surface area (Å²) in [4.78, 5) is 37.9. The summed E-state index contributed by atoms with van der Waals surface area (Å²) in [5, 5.41) is 3.08. The molecule has 0 bridgehead atoms. The molecule has 0 unspecified atom stereocenters. The number of thioether (sulfide) groups is 1. The van der Waals surface area contributed by atoms with Gasteiger partial charge in [-0.1, -0.05) is 79.3 Å². The van der Waals surface area contributed by atoms with E-state index in [-0.39, 0.29) is 11.8 Å². The molecule has 6 nitrogen and oxygen atoms in total. The first-order chi connectivity index (χ1) is 16.6. The summed E-state index contributed by atoms with van der Waals surface area (Å²) < 4.78 is 0. The molecule has 3 aromatic carbocycles. The second-order valence-corrected chi connectivity index (χ2v) is 9.34. The van der Waals surface area contributed by atoms with Crippen LogP contribution < -0.4 is 5.32 Å². The Morgan fingerprint density at radius 3 is 2.50 bits per heavy atom. The van der Waals surface area contributed by atoms with Gasteiger partial charge in [0.2, 0.25) is 5.91 Å². The van der Waals surface area contributed by atoms with E-state index >= 15 is 0 Å². The Morgan fingerprint density at radius 2 is 1.74 bits per heavy atom. The molecule has 7 heteroatoms. The minimum absolute atomic E-state index is 0.117. The van der Waals surface area contributed by atoms with Crippen LogP contribution in [0.25, 0.3) is 0 Å². The average molecular weight is 469 g/mol. The lowest BCUT2D eigenvalue weighted by Crippen LogP contribution is -2.41. The fraction of sp³-hybridized carbons (Fsp3) is 0.185. The Hall–Kier alpha value is -3.71. The molecule has 0 saturated carbocycles. The first-order valence-electron chi connectivity index (χ1n) is 11.2. The topological polar surface area (TPSA) is 74.1 Å². The van der Waals surface area contributed by atoms with E-state index in [1.54, 1.807) is 4.90 Å². The molecule has 3 aromatic rings. The lowest BCUT2D eigenvalue weighted by atomic mass is 10.1. The second kappa shape index (κ2) is 9.27. The predicted molar refractivity (Wildman–Crippen MR) is 138 cm³/mol. The van der Waals surface area contributed by atoms with Crippen LogP contribution in [0.4, 0.5) is 11.4 Å². The van der Waals surface area contributed by atoms with Crippen molar-refractivity contribution in [1.29, 1.82) is 0 Å². The van der Waals surface area contributed by atoms with Crippen LogP contribution in [-0.4, -0.2) is 33.0 Å². The molecule has 0 saturated heterocycles. The van der Waals surface area contributed by atoms with Crippen LogP contribution in [0.3, 0.4) is 0 Å². The van der Waals surface area contributed by atoms with Gasteiger partial charge in [0.15, 0.2) is 11.2 Å². The first-order valence-corrected chi connectivity index (χ1v) is 12.1. The van der Waals surface area contributed by atoms with Crippen molar-refractivity contribution in [1.82, 2.24) is 4.90 Å². The van der Waals surface area contributed by atoms with Crippen molar-refractivity contribution in [3.63, 3.8) is 0 Å². The normalized spacial score (nSPS) is 17.4. The van der Waals surface area contributed by atoms with E-state index in [1.165, 1.54) is 11.8 Å². The van der Waals surface area contributed by atoms with Crippen molar-refractivity contribution in [2.75, 3.05) is 5.32 Å². The maximum absolute atomic E-state index is 13.6. The molecule has 0 aliphatic carbocycles. The predicted octanol–water partition coefficient (Wildman–Crippen LogP) is 5.48. The molecule has 1 N–H and O–H groups in total. The number of nitrogens with zero attached hydrogens (tertiary/aromatic N) is 3. The lowest BCUT2D eigenvalue weighted by Gasteiger charge is -2.27. The summed E-state index contributed by atoms with van der Waals surface area (Å²) in [6.07, 6.45) is 0.583. The molecular weight excluding hydrogens is 444 g/mol. The highest BCUT2D eigenvalue weighted by Gasteiger charge is 2.43. The van der Waals surface area contributed by atoms with Crippen LogP contribution in [0.1, 0.15) is 36.1 Å². The average Bonchev–Trinajstić information content (AvgIpc) is 3.22. The molecule has 2 heterocycles. The quantitative estimate of drug-likeness (QED) is 0.539. The van der Waals surface area contributed by atoms with Gasteiger partial charge < -0.3 is 5.32 Å². The van der Waals surface area contributed by atoms with Crippen molar-refractivity contribution in [3.05, 3.63) is 95.6 Å². The van der Waals surface area contributed by atoms with Crippen molar-refractivity contribution in [3.8, 4) is 0 Å². The third kappa shape index (κ3) is 4.03. The lowest BCUT2D eigenvalue weighted by molar-refractivity contribution is -0.124. The molecule has 2 amide bonds. The van der Waals surface area contributed by atoms with Crippen molar-refractivity contribution in [2.45, 2.75) is 31.6 Å². The van der Waals surface area contributed by atoms with Crippen LogP contribution in [0, 0.1) is 6.92 Å². The summed E-state index contributed by atoms with van der Waals surface area (Å²) in [6, 6.07) is 24.3. The molecule has 0 radical (unpaired) electrons. The molecular formula is C27H24N4O2S. The third-order valence-electron chi connectivity index (χ3n) is 5.90. The van der Waals surface area contributed by atoms with E-state index in [1.807, 2.05) is 92.7 Å². The molecule has 0 spiro atoms. The van der Waals surface area contributed by atoms with Crippen LogP contribution in [-0.2, 0) is 9.59 Å². The zero-order valence-electron chi connectivity index (χ0n) is 18.9. The van der Waals surface area contributed by atoms with E-state index in [4.69, 9.17) is 9.98 Å². The summed E-state index contributed by atoms with van der Waals surface area (Å²) in [6.45, 7) is 3.92. The van der Waals surface area contributed by atoms with Crippen molar-refractivity contribution >= 4 is 46.0 Å². The Kier molecular flexibility index (Phi) is 6.02. The fourth-order valence-corrected chi connectivity index (χ4v) is 5.08. The Morgan fingerprint density at radius 1 is 1.03 bits per heavy atom. The zero-order valence-corrected chi connectivity index (χ0v) is 19.8. The van der Waals surface area contributed by atoms with Gasteiger partial charge in [-0.3, -0.25) is 9.59 Å². The highest BCUT2D eigenvalue weighted by atomic mass is 32.2. The smallest absolute Gasteiger partial charge is 0.263 e. The van der Waals surface area contributed by atoms with Gasteiger partial charge in [0.25, 0.3) is 5.91 Å². The highest BCUT2D eigenvalue weighted by molar-refractivity contribution is 8.15. The number of benzene rings is 3.